The van der Waals surface area contributed by atoms with E-state index in [9.17, 15) is 9.59 Å². The number of thiophene rings is 1. The predicted molar refractivity (Wildman–Crippen MR) is 113 cm³/mol. The molecule has 0 aliphatic heterocycles. The number of nitrogens with zero attached hydrogens (tertiary/aromatic N) is 2. The summed E-state index contributed by atoms with van der Waals surface area (Å²) in [6.07, 6.45) is 4.22. The Hall–Kier alpha value is -1.63. The third-order valence-electron chi connectivity index (χ3n) is 4.90. The first kappa shape index (κ1) is 18.7. The van der Waals surface area contributed by atoms with Crippen molar-refractivity contribution in [2.24, 2.45) is 0 Å². The summed E-state index contributed by atoms with van der Waals surface area (Å²) in [6, 6.07) is 7.16. The zero-order valence-electron chi connectivity index (χ0n) is 15.1. The average Bonchev–Trinajstić information content (AvgIpc) is 3.01. The van der Waals surface area contributed by atoms with Crippen LogP contribution in [0.25, 0.3) is 15.9 Å². The van der Waals surface area contributed by atoms with Crippen LogP contribution >= 0.6 is 34.7 Å². The van der Waals surface area contributed by atoms with Crippen molar-refractivity contribution in [3.8, 4) is 5.69 Å². The number of aryl methyl sites for hydroxylation is 2. The molecule has 2 heterocycles. The van der Waals surface area contributed by atoms with E-state index in [1.165, 1.54) is 16.6 Å². The number of fused-ring (bicyclic) bond motifs is 3. The zero-order valence-corrected chi connectivity index (χ0v) is 17.5. The van der Waals surface area contributed by atoms with E-state index in [-0.39, 0.29) is 16.6 Å². The molecule has 1 aliphatic carbocycles. The number of hydrogen-bond donors (Lipinski definition) is 0. The largest absolute Gasteiger partial charge is 0.299 e. The van der Waals surface area contributed by atoms with Gasteiger partial charge in [-0.25, -0.2) is 4.98 Å². The minimum atomic E-state index is -0.275. The second-order valence-electron chi connectivity index (χ2n) is 6.77. The summed E-state index contributed by atoms with van der Waals surface area (Å²) >= 11 is 8.98. The molecule has 140 valence electrons. The van der Waals surface area contributed by atoms with Gasteiger partial charge in [0.2, 0.25) is 0 Å². The van der Waals surface area contributed by atoms with Gasteiger partial charge in [-0.3, -0.25) is 14.2 Å². The van der Waals surface area contributed by atoms with Gasteiger partial charge in [-0.2, -0.15) is 0 Å². The Bertz CT molecular complexity index is 1090. The number of Topliss-reactive ketones (excluding diaryl/α,β-unsaturated/α-hetero) is 1. The van der Waals surface area contributed by atoms with Gasteiger partial charge in [0.1, 0.15) is 10.6 Å². The van der Waals surface area contributed by atoms with Crippen molar-refractivity contribution >= 4 is 50.7 Å². The Morgan fingerprint density at radius 3 is 2.67 bits per heavy atom. The van der Waals surface area contributed by atoms with Crippen LogP contribution in [0.2, 0.25) is 5.02 Å². The van der Waals surface area contributed by atoms with Gasteiger partial charge in [0.05, 0.1) is 16.3 Å². The molecule has 0 spiro atoms. The molecule has 3 aromatic rings. The highest BCUT2D eigenvalue weighted by Gasteiger charge is 2.24. The van der Waals surface area contributed by atoms with Gasteiger partial charge in [-0.1, -0.05) is 23.4 Å². The van der Waals surface area contributed by atoms with Crippen LogP contribution < -0.4 is 5.56 Å². The second kappa shape index (κ2) is 7.41. The topological polar surface area (TPSA) is 52.0 Å². The number of aromatic nitrogens is 2. The lowest BCUT2D eigenvalue weighted by Crippen LogP contribution is -2.23. The first-order valence-electron chi connectivity index (χ1n) is 8.96. The summed E-state index contributed by atoms with van der Waals surface area (Å²) < 4.78 is 1.63. The molecule has 27 heavy (non-hydrogen) atoms. The quantitative estimate of drug-likeness (QED) is 0.439. The molecular formula is C20H19ClN2O2S2. The van der Waals surface area contributed by atoms with Crippen LogP contribution in [-0.4, -0.2) is 20.6 Å². The molecule has 0 saturated carbocycles. The van der Waals surface area contributed by atoms with Gasteiger partial charge in [0, 0.05) is 9.90 Å². The summed E-state index contributed by atoms with van der Waals surface area (Å²) in [5.41, 5.74) is 1.82. The minimum absolute atomic E-state index is 0.0556. The summed E-state index contributed by atoms with van der Waals surface area (Å²) in [5, 5.41) is 1.63. The lowest BCUT2D eigenvalue weighted by atomic mass is 9.97. The van der Waals surface area contributed by atoms with Crippen LogP contribution in [0.1, 0.15) is 37.1 Å². The normalized spacial score (nSPS) is 14.9. The van der Waals surface area contributed by atoms with Crippen molar-refractivity contribution in [2.45, 2.75) is 49.9 Å². The summed E-state index contributed by atoms with van der Waals surface area (Å²) in [4.78, 5) is 32.2. The first-order chi connectivity index (χ1) is 13.0. The fraction of sp³-hybridized carbons (Fsp3) is 0.350. The number of carbonyl (C=O) groups is 1. The SMILES string of the molecule is CC(=O)C(C)Sc1nc2sc3c(c2c(=O)n1-c1ccc(Cl)cc1)CCCC3. The molecule has 0 bridgehead atoms. The molecule has 0 saturated heterocycles. The predicted octanol–water partition coefficient (Wildman–Crippen LogP) is 5.05. The number of carbonyl (C=O) groups excluding carboxylic acids is 1. The lowest BCUT2D eigenvalue weighted by Gasteiger charge is -2.15. The van der Waals surface area contributed by atoms with Crippen molar-refractivity contribution in [1.82, 2.24) is 9.55 Å². The molecule has 0 amide bonds. The maximum Gasteiger partial charge on any atom is 0.267 e. The van der Waals surface area contributed by atoms with Gasteiger partial charge >= 0.3 is 0 Å². The number of benzene rings is 1. The summed E-state index contributed by atoms with van der Waals surface area (Å²) in [6.45, 7) is 3.40. The van der Waals surface area contributed by atoms with Crippen LogP contribution in [-0.2, 0) is 17.6 Å². The standard InChI is InChI=1S/C20H19ClN2O2S2/c1-11(24)12(2)26-20-22-18-17(15-5-3-4-6-16(15)27-18)19(25)23(20)14-9-7-13(21)8-10-14/h7-10,12H,3-6H2,1-2H3. The van der Waals surface area contributed by atoms with Crippen LogP contribution in [0.15, 0.2) is 34.2 Å². The Morgan fingerprint density at radius 2 is 1.96 bits per heavy atom. The maximum atomic E-state index is 13.5. The molecule has 1 aromatic carbocycles. The highest BCUT2D eigenvalue weighted by Crippen LogP contribution is 2.35. The Labute approximate surface area is 170 Å². The van der Waals surface area contributed by atoms with Crippen molar-refractivity contribution < 1.29 is 4.79 Å². The Morgan fingerprint density at radius 1 is 1.26 bits per heavy atom. The first-order valence-corrected chi connectivity index (χ1v) is 11.0. The zero-order chi connectivity index (χ0) is 19.1. The molecule has 7 heteroatoms. The highest BCUT2D eigenvalue weighted by atomic mass is 35.5. The maximum absolute atomic E-state index is 13.5. The Balaban J connectivity index is 1.98. The van der Waals surface area contributed by atoms with Crippen molar-refractivity contribution in [3.63, 3.8) is 0 Å². The van der Waals surface area contributed by atoms with Crippen molar-refractivity contribution in [2.75, 3.05) is 0 Å². The third-order valence-corrected chi connectivity index (χ3v) is 7.51. The molecule has 1 aliphatic rings. The van der Waals surface area contributed by atoms with E-state index in [0.717, 1.165) is 41.5 Å². The van der Waals surface area contributed by atoms with Gasteiger partial charge in [0.25, 0.3) is 5.56 Å². The van der Waals surface area contributed by atoms with Crippen molar-refractivity contribution in [1.29, 1.82) is 0 Å². The van der Waals surface area contributed by atoms with Gasteiger partial charge < -0.3 is 0 Å². The Kier molecular flexibility index (Phi) is 5.14. The highest BCUT2D eigenvalue weighted by molar-refractivity contribution is 8.00. The molecular weight excluding hydrogens is 400 g/mol. The molecule has 1 atom stereocenters. The summed E-state index contributed by atoms with van der Waals surface area (Å²) in [5.74, 6) is 0.0578. The smallest absolute Gasteiger partial charge is 0.267 e. The fourth-order valence-electron chi connectivity index (χ4n) is 3.32. The van der Waals surface area contributed by atoms with Crippen LogP contribution in [0.3, 0.4) is 0 Å². The van der Waals surface area contributed by atoms with E-state index in [0.29, 0.717) is 15.9 Å². The number of rotatable bonds is 4. The monoisotopic (exact) mass is 418 g/mol. The second-order valence-corrected chi connectivity index (χ2v) is 9.60. The van der Waals surface area contributed by atoms with Gasteiger partial charge in [0.15, 0.2) is 5.16 Å². The van der Waals surface area contributed by atoms with E-state index >= 15 is 0 Å². The third kappa shape index (κ3) is 3.46. The number of ketones is 1. The fourth-order valence-corrected chi connectivity index (χ4v) is 5.68. The molecule has 1 unspecified atom stereocenters. The number of hydrogen-bond acceptors (Lipinski definition) is 5. The van der Waals surface area contributed by atoms with Gasteiger partial charge in [-0.15, -0.1) is 11.3 Å². The summed E-state index contributed by atoms with van der Waals surface area (Å²) in [7, 11) is 0. The van der Waals surface area contributed by atoms with E-state index in [1.807, 2.05) is 19.1 Å². The molecule has 0 N–H and O–H groups in total. The molecule has 2 aromatic heterocycles. The average molecular weight is 419 g/mol. The van der Waals surface area contributed by atoms with Crippen molar-refractivity contribution in [3.05, 3.63) is 50.1 Å². The van der Waals surface area contributed by atoms with E-state index in [1.54, 1.807) is 35.0 Å². The van der Waals surface area contributed by atoms with Crippen LogP contribution in [0, 0.1) is 0 Å². The van der Waals surface area contributed by atoms with Gasteiger partial charge in [-0.05, 0) is 69.4 Å². The molecule has 0 fully saturated rings. The lowest BCUT2D eigenvalue weighted by molar-refractivity contribution is -0.116. The van der Waals surface area contributed by atoms with E-state index in [4.69, 9.17) is 16.6 Å². The molecule has 4 rings (SSSR count). The van der Waals surface area contributed by atoms with Crippen LogP contribution in [0.5, 0.6) is 0 Å². The van der Waals surface area contributed by atoms with E-state index in [2.05, 4.69) is 0 Å². The molecule has 4 nitrogen and oxygen atoms in total. The number of thioether (sulfide) groups is 1. The minimum Gasteiger partial charge on any atom is -0.299 e. The van der Waals surface area contributed by atoms with E-state index < -0.39 is 0 Å². The molecule has 0 radical (unpaired) electrons. The number of halogens is 1. The van der Waals surface area contributed by atoms with Crippen LogP contribution in [0.4, 0.5) is 0 Å².